The van der Waals surface area contributed by atoms with Crippen molar-refractivity contribution in [1.29, 1.82) is 0 Å². The van der Waals surface area contributed by atoms with E-state index in [-0.39, 0.29) is 5.91 Å². The molecule has 0 unspecified atom stereocenters. The standard InChI is InChI=1S/C35H39N7O/c43-34(42(24-32-36-14-15-37-32)25-33-38-16-17-39-33)30-9-5-27(6-10-30)22-41-20-13-35(26-41)11-18-40(19-12-35)23-28-7-8-29-3-1-2-4-31(29)21-28/h1-10,14-17,21H,11-13,18-20,22-26H2,(H,36,37)(H,38,39). The quantitative estimate of drug-likeness (QED) is 0.239. The maximum atomic E-state index is 13.5. The third-order valence-electron chi connectivity index (χ3n) is 9.34. The van der Waals surface area contributed by atoms with E-state index >= 15 is 0 Å². The summed E-state index contributed by atoms with van der Waals surface area (Å²) in [6.45, 7) is 7.40. The van der Waals surface area contributed by atoms with Crippen molar-refractivity contribution in [3.8, 4) is 0 Å². The van der Waals surface area contributed by atoms with E-state index < -0.39 is 0 Å². The second kappa shape index (κ2) is 12.1. The van der Waals surface area contributed by atoms with Crippen LogP contribution < -0.4 is 0 Å². The third kappa shape index (κ3) is 6.40. The van der Waals surface area contributed by atoms with Crippen LogP contribution in [-0.4, -0.2) is 66.7 Å². The smallest absolute Gasteiger partial charge is 0.254 e. The molecule has 0 saturated carbocycles. The van der Waals surface area contributed by atoms with Gasteiger partial charge < -0.3 is 14.9 Å². The molecule has 1 amide bonds. The number of piperidine rings is 1. The Morgan fingerprint density at radius 2 is 1.35 bits per heavy atom. The molecule has 2 aromatic heterocycles. The molecule has 1 spiro atoms. The number of aromatic nitrogens is 4. The number of H-pyrrole nitrogens is 2. The predicted octanol–water partition coefficient (Wildman–Crippen LogP) is 5.62. The Labute approximate surface area is 252 Å². The van der Waals surface area contributed by atoms with E-state index in [1.807, 2.05) is 12.1 Å². The van der Waals surface area contributed by atoms with Crippen LogP contribution in [0.1, 0.15) is 52.4 Å². The first kappa shape index (κ1) is 27.6. The molecule has 0 radical (unpaired) electrons. The molecule has 8 heteroatoms. The number of hydrogen-bond acceptors (Lipinski definition) is 5. The summed E-state index contributed by atoms with van der Waals surface area (Å²) >= 11 is 0. The van der Waals surface area contributed by atoms with Crippen LogP contribution >= 0.6 is 0 Å². The van der Waals surface area contributed by atoms with E-state index in [0.29, 0.717) is 24.1 Å². The molecule has 2 aliphatic rings. The maximum absolute atomic E-state index is 13.5. The van der Waals surface area contributed by atoms with Crippen molar-refractivity contribution in [2.75, 3.05) is 26.2 Å². The molecule has 4 heterocycles. The molecule has 3 aromatic carbocycles. The van der Waals surface area contributed by atoms with Gasteiger partial charge in [-0.3, -0.25) is 14.6 Å². The maximum Gasteiger partial charge on any atom is 0.254 e. The predicted molar refractivity (Wildman–Crippen MR) is 168 cm³/mol. The Bertz CT molecular complexity index is 1600. The van der Waals surface area contributed by atoms with Crippen molar-refractivity contribution in [1.82, 2.24) is 34.6 Å². The lowest BCUT2D eigenvalue weighted by Crippen LogP contribution is -2.41. The highest BCUT2D eigenvalue weighted by Crippen LogP contribution is 2.41. The van der Waals surface area contributed by atoms with Gasteiger partial charge in [0.2, 0.25) is 0 Å². The summed E-state index contributed by atoms with van der Waals surface area (Å²) in [6.07, 6.45) is 10.8. The number of amides is 1. The molecule has 2 fully saturated rings. The molecular formula is C35H39N7O. The fraction of sp³-hybridized carbons (Fsp3) is 0.343. The average Bonchev–Trinajstić information content (AvgIpc) is 3.82. The summed E-state index contributed by atoms with van der Waals surface area (Å²) < 4.78 is 0. The SMILES string of the molecule is O=C(c1ccc(CN2CCC3(CCN(Cc4ccc5ccccc5c4)CC3)C2)cc1)N(Cc1ncc[nH]1)Cc1ncc[nH]1. The number of benzene rings is 3. The normalized spacial score (nSPS) is 17.1. The Hall–Kier alpha value is -4.27. The van der Waals surface area contributed by atoms with Crippen molar-refractivity contribution < 1.29 is 4.79 Å². The summed E-state index contributed by atoms with van der Waals surface area (Å²) in [5, 5.41) is 2.64. The first-order valence-electron chi connectivity index (χ1n) is 15.4. The van der Waals surface area contributed by atoms with Gasteiger partial charge >= 0.3 is 0 Å². The second-order valence-corrected chi connectivity index (χ2v) is 12.3. The monoisotopic (exact) mass is 573 g/mol. The van der Waals surface area contributed by atoms with E-state index in [1.165, 1.54) is 54.3 Å². The van der Waals surface area contributed by atoms with E-state index in [2.05, 4.69) is 84.3 Å². The van der Waals surface area contributed by atoms with E-state index in [4.69, 9.17) is 0 Å². The molecule has 0 atom stereocenters. The van der Waals surface area contributed by atoms with E-state index in [0.717, 1.165) is 37.8 Å². The molecule has 0 bridgehead atoms. The van der Waals surface area contributed by atoms with Crippen LogP contribution in [0.25, 0.3) is 10.8 Å². The summed E-state index contributed by atoms with van der Waals surface area (Å²) in [7, 11) is 0. The summed E-state index contributed by atoms with van der Waals surface area (Å²) in [5.41, 5.74) is 3.78. The summed E-state index contributed by atoms with van der Waals surface area (Å²) in [6, 6.07) is 23.7. The molecule has 8 nitrogen and oxygen atoms in total. The minimum absolute atomic E-state index is 0.0325. The van der Waals surface area contributed by atoms with Crippen molar-refractivity contribution in [3.63, 3.8) is 0 Å². The number of carbonyl (C=O) groups excluding carboxylic acids is 1. The van der Waals surface area contributed by atoms with Gasteiger partial charge in [0.15, 0.2) is 0 Å². The Morgan fingerprint density at radius 3 is 2.00 bits per heavy atom. The zero-order valence-electron chi connectivity index (χ0n) is 24.6. The summed E-state index contributed by atoms with van der Waals surface area (Å²) in [4.78, 5) is 35.3. The number of rotatable bonds is 9. The van der Waals surface area contributed by atoms with Crippen molar-refractivity contribution in [3.05, 3.63) is 120 Å². The molecule has 220 valence electrons. The van der Waals surface area contributed by atoms with Gasteiger partial charge in [-0.05, 0) is 84.4 Å². The Balaban J connectivity index is 0.927. The lowest BCUT2D eigenvalue weighted by atomic mass is 9.77. The molecule has 43 heavy (non-hydrogen) atoms. The van der Waals surface area contributed by atoms with Gasteiger partial charge in [0, 0.05) is 50.0 Å². The van der Waals surface area contributed by atoms with Gasteiger partial charge in [0.1, 0.15) is 11.6 Å². The number of nitrogens with one attached hydrogen (secondary N) is 2. The van der Waals surface area contributed by atoms with Crippen LogP contribution in [-0.2, 0) is 26.2 Å². The number of likely N-dealkylation sites (tertiary alicyclic amines) is 2. The third-order valence-corrected chi connectivity index (χ3v) is 9.34. The van der Waals surface area contributed by atoms with Gasteiger partial charge in [-0.1, -0.05) is 48.5 Å². The van der Waals surface area contributed by atoms with Gasteiger partial charge in [-0.2, -0.15) is 0 Å². The largest absolute Gasteiger partial charge is 0.347 e. The van der Waals surface area contributed by atoms with Gasteiger partial charge in [-0.25, -0.2) is 9.97 Å². The fourth-order valence-corrected chi connectivity index (χ4v) is 6.88. The van der Waals surface area contributed by atoms with Crippen LogP contribution in [0.5, 0.6) is 0 Å². The highest BCUT2D eigenvalue weighted by atomic mass is 16.2. The molecule has 2 saturated heterocycles. The number of fused-ring (bicyclic) bond motifs is 1. The minimum atomic E-state index is -0.0325. The number of nitrogens with zero attached hydrogens (tertiary/aromatic N) is 5. The van der Waals surface area contributed by atoms with Crippen LogP contribution in [0.3, 0.4) is 0 Å². The van der Waals surface area contributed by atoms with Crippen LogP contribution in [0, 0.1) is 5.41 Å². The number of imidazole rings is 2. The lowest BCUT2D eigenvalue weighted by molar-refractivity contribution is 0.0721. The number of aromatic amines is 2. The zero-order chi connectivity index (χ0) is 29.1. The lowest BCUT2D eigenvalue weighted by Gasteiger charge is -2.39. The molecular weight excluding hydrogens is 534 g/mol. The fourth-order valence-electron chi connectivity index (χ4n) is 6.88. The van der Waals surface area contributed by atoms with Crippen molar-refractivity contribution in [2.45, 2.75) is 45.4 Å². The second-order valence-electron chi connectivity index (χ2n) is 12.3. The zero-order valence-corrected chi connectivity index (χ0v) is 24.6. The Kier molecular flexibility index (Phi) is 7.79. The molecule has 0 aliphatic carbocycles. The van der Waals surface area contributed by atoms with Crippen LogP contribution in [0.15, 0.2) is 91.5 Å². The van der Waals surface area contributed by atoms with Gasteiger partial charge in [-0.15, -0.1) is 0 Å². The number of hydrogen-bond donors (Lipinski definition) is 2. The first-order chi connectivity index (χ1) is 21.1. The summed E-state index contributed by atoms with van der Waals surface area (Å²) in [5.74, 6) is 1.47. The van der Waals surface area contributed by atoms with Crippen LogP contribution in [0.4, 0.5) is 0 Å². The highest BCUT2D eigenvalue weighted by molar-refractivity contribution is 5.94. The van der Waals surface area contributed by atoms with E-state index in [9.17, 15) is 4.79 Å². The molecule has 2 N–H and O–H groups in total. The average molecular weight is 574 g/mol. The van der Waals surface area contributed by atoms with E-state index in [1.54, 1.807) is 29.7 Å². The molecule has 2 aliphatic heterocycles. The van der Waals surface area contributed by atoms with Crippen LogP contribution in [0.2, 0.25) is 0 Å². The first-order valence-corrected chi connectivity index (χ1v) is 15.4. The molecule has 7 rings (SSSR count). The minimum Gasteiger partial charge on any atom is -0.347 e. The Morgan fingerprint density at radius 1 is 0.744 bits per heavy atom. The highest BCUT2D eigenvalue weighted by Gasteiger charge is 2.40. The molecule has 5 aromatic rings. The van der Waals surface area contributed by atoms with Gasteiger partial charge in [0.25, 0.3) is 5.91 Å². The number of carbonyl (C=O) groups is 1. The van der Waals surface area contributed by atoms with Crippen molar-refractivity contribution in [2.24, 2.45) is 5.41 Å². The van der Waals surface area contributed by atoms with Crippen molar-refractivity contribution >= 4 is 16.7 Å². The topological polar surface area (TPSA) is 84.2 Å². The van der Waals surface area contributed by atoms with Gasteiger partial charge in [0.05, 0.1) is 13.1 Å².